The highest BCUT2D eigenvalue weighted by molar-refractivity contribution is 5.93. The van der Waals surface area contributed by atoms with Gasteiger partial charge in [0.2, 0.25) is 5.95 Å². The number of amides is 1. The molecule has 22 heavy (non-hydrogen) atoms. The molecule has 0 bridgehead atoms. The summed E-state index contributed by atoms with van der Waals surface area (Å²) in [5.41, 5.74) is -1.20. The normalized spacial score (nSPS) is 13.0. The van der Waals surface area contributed by atoms with E-state index in [4.69, 9.17) is 4.74 Å². The minimum Gasteiger partial charge on any atom is -0.367 e. The Labute approximate surface area is 123 Å². The summed E-state index contributed by atoms with van der Waals surface area (Å²) >= 11 is 0. The molecule has 118 valence electrons. The summed E-state index contributed by atoms with van der Waals surface area (Å²) in [5, 5.41) is 8.51. The zero-order chi connectivity index (χ0) is 16.3. The monoisotopic (exact) mass is 314 g/mol. The summed E-state index contributed by atoms with van der Waals surface area (Å²) in [6.07, 6.45) is -6.02. The van der Waals surface area contributed by atoms with Crippen LogP contribution in [0.2, 0.25) is 0 Å². The third-order valence-corrected chi connectivity index (χ3v) is 2.85. The van der Waals surface area contributed by atoms with E-state index >= 15 is 0 Å². The molecule has 0 saturated carbocycles. The van der Waals surface area contributed by atoms with Gasteiger partial charge in [0.05, 0.1) is 5.56 Å². The van der Waals surface area contributed by atoms with Crippen molar-refractivity contribution in [2.24, 2.45) is 0 Å². The van der Waals surface area contributed by atoms with Crippen molar-refractivity contribution < 1.29 is 22.7 Å². The van der Waals surface area contributed by atoms with E-state index in [1.807, 2.05) is 0 Å². The Kier molecular flexibility index (Phi) is 4.45. The molecule has 1 unspecified atom stereocenters. The smallest absolute Gasteiger partial charge is 0.367 e. The average molecular weight is 314 g/mol. The maximum absolute atomic E-state index is 13.0. The first-order valence-corrected chi connectivity index (χ1v) is 6.21. The van der Waals surface area contributed by atoms with Crippen molar-refractivity contribution in [3.05, 3.63) is 41.2 Å². The lowest BCUT2D eigenvalue weighted by Crippen LogP contribution is -2.25. The third-order valence-electron chi connectivity index (χ3n) is 2.85. The van der Waals surface area contributed by atoms with Crippen LogP contribution in [-0.4, -0.2) is 28.2 Å². The predicted molar refractivity (Wildman–Crippen MR) is 70.9 cm³/mol. The van der Waals surface area contributed by atoms with E-state index < -0.39 is 23.8 Å². The molecule has 0 spiro atoms. The van der Waals surface area contributed by atoms with Crippen LogP contribution in [0, 0.1) is 6.92 Å². The van der Waals surface area contributed by atoms with E-state index in [-0.39, 0.29) is 11.5 Å². The molecule has 1 aromatic carbocycles. The number of H-pyrrole nitrogens is 1. The fourth-order valence-corrected chi connectivity index (χ4v) is 1.93. The van der Waals surface area contributed by atoms with Crippen LogP contribution < -0.4 is 5.32 Å². The molecule has 0 aliphatic rings. The minimum absolute atomic E-state index is 0.0333. The SMILES string of the molecule is COC(C(=O)Nc1n[nH]c(C)n1)c1ccccc1C(F)(F)F. The number of hydrogen-bond donors (Lipinski definition) is 2. The predicted octanol–water partition coefficient (Wildman–Crippen LogP) is 2.46. The van der Waals surface area contributed by atoms with Crippen molar-refractivity contribution in [3.63, 3.8) is 0 Å². The van der Waals surface area contributed by atoms with Crippen LogP contribution in [0.25, 0.3) is 0 Å². The number of carbonyl (C=O) groups is 1. The van der Waals surface area contributed by atoms with Gasteiger partial charge < -0.3 is 4.74 Å². The fourth-order valence-electron chi connectivity index (χ4n) is 1.93. The van der Waals surface area contributed by atoms with E-state index in [0.29, 0.717) is 5.82 Å². The van der Waals surface area contributed by atoms with Crippen molar-refractivity contribution in [1.82, 2.24) is 15.2 Å². The minimum atomic E-state index is -4.59. The second-order valence-corrected chi connectivity index (χ2v) is 4.43. The van der Waals surface area contributed by atoms with Crippen LogP contribution >= 0.6 is 0 Å². The van der Waals surface area contributed by atoms with Crippen molar-refractivity contribution in [1.29, 1.82) is 0 Å². The number of aryl methyl sites for hydroxylation is 1. The first kappa shape index (κ1) is 16.0. The van der Waals surface area contributed by atoms with E-state index in [9.17, 15) is 18.0 Å². The molecule has 2 rings (SSSR count). The number of anilines is 1. The topological polar surface area (TPSA) is 79.9 Å². The number of hydrogen-bond acceptors (Lipinski definition) is 4. The zero-order valence-electron chi connectivity index (χ0n) is 11.7. The van der Waals surface area contributed by atoms with Crippen LogP contribution in [0.4, 0.5) is 19.1 Å². The molecule has 2 aromatic rings. The van der Waals surface area contributed by atoms with Gasteiger partial charge in [0, 0.05) is 12.7 Å². The van der Waals surface area contributed by atoms with Gasteiger partial charge in [-0.05, 0) is 13.0 Å². The van der Waals surface area contributed by atoms with Crippen LogP contribution in [0.3, 0.4) is 0 Å². The second-order valence-electron chi connectivity index (χ2n) is 4.43. The molecular formula is C13H13F3N4O2. The van der Waals surface area contributed by atoms with Crippen LogP contribution in [0.5, 0.6) is 0 Å². The number of rotatable bonds is 4. The second kappa shape index (κ2) is 6.14. The number of nitrogens with zero attached hydrogens (tertiary/aromatic N) is 2. The number of nitrogens with one attached hydrogen (secondary N) is 2. The molecule has 2 N–H and O–H groups in total. The molecule has 1 atom stereocenters. The van der Waals surface area contributed by atoms with Gasteiger partial charge >= 0.3 is 6.18 Å². The Morgan fingerprint density at radius 2 is 2.05 bits per heavy atom. The molecule has 0 radical (unpaired) electrons. The van der Waals surface area contributed by atoms with Gasteiger partial charge in [-0.2, -0.15) is 18.2 Å². The summed E-state index contributed by atoms with van der Waals surface area (Å²) in [7, 11) is 1.15. The molecule has 0 aliphatic carbocycles. The summed E-state index contributed by atoms with van der Waals surface area (Å²) in [6, 6.07) is 4.74. The number of aromatic nitrogens is 3. The molecule has 1 amide bonds. The number of benzene rings is 1. The number of ether oxygens (including phenoxy) is 1. The maximum Gasteiger partial charge on any atom is 0.416 e. The van der Waals surface area contributed by atoms with Gasteiger partial charge in [0.25, 0.3) is 5.91 Å². The Hall–Kier alpha value is -2.42. The Bertz CT molecular complexity index is 669. The number of carbonyl (C=O) groups excluding carboxylic acids is 1. The summed E-state index contributed by atoms with van der Waals surface area (Å²) in [4.78, 5) is 16.0. The van der Waals surface area contributed by atoms with Gasteiger partial charge in [-0.1, -0.05) is 18.2 Å². The summed E-state index contributed by atoms with van der Waals surface area (Å²) in [6.45, 7) is 1.62. The van der Waals surface area contributed by atoms with Gasteiger partial charge in [-0.25, -0.2) is 0 Å². The molecule has 0 saturated heterocycles. The number of methoxy groups -OCH3 is 1. The van der Waals surface area contributed by atoms with Gasteiger partial charge in [-0.3, -0.25) is 15.2 Å². The Morgan fingerprint density at radius 1 is 1.36 bits per heavy atom. The molecule has 0 fully saturated rings. The number of aromatic amines is 1. The highest BCUT2D eigenvalue weighted by atomic mass is 19.4. The van der Waals surface area contributed by atoms with Crippen molar-refractivity contribution >= 4 is 11.9 Å². The van der Waals surface area contributed by atoms with Crippen LogP contribution in [0.15, 0.2) is 24.3 Å². The number of halogens is 3. The van der Waals surface area contributed by atoms with Crippen molar-refractivity contribution in [2.75, 3.05) is 12.4 Å². The Morgan fingerprint density at radius 3 is 2.59 bits per heavy atom. The largest absolute Gasteiger partial charge is 0.416 e. The molecule has 9 heteroatoms. The summed E-state index contributed by atoms with van der Waals surface area (Å²) < 4.78 is 44.0. The zero-order valence-corrected chi connectivity index (χ0v) is 11.7. The average Bonchev–Trinajstić information content (AvgIpc) is 2.84. The van der Waals surface area contributed by atoms with E-state index in [2.05, 4.69) is 20.5 Å². The highest BCUT2D eigenvalue weighted by Gasteiger charge is 2.37. The molecular weight excluding hydrogens is 301 g/mol. The van der Waals surface area contributed by atoms with Gasteiger partial charge in [0.15, 0.2) is 6.10 Å². The quantitative estimate of drug-likeness (QED) is 0.908. The first-order valence-electron chi connectivity index (χ1n) is 6.21. The van der Waals surface area contributed by atoms with Gasteiger partial charge in [-0.15, -0.1) is 5.10 Å². The lowest BCUT2D eigenvalue weighted by Gasteiger charge is -2.19. The lowest BCUT2D eigenvalue weighted by molar-refractivity contribution is -0.140. The summed E-state index contributed by atoms with van der Waals surface area (Å²) in [5.74, 6) is -0.368. The van der Waals surface area contributed by atoms with E-state index in [1.165, 1.54) is 18.2 Å². The molecule has 1 heterocycles. The molecule has 1 aromatic heterocycles. The maximum atomic E-state index is 13.0. The van der Waals surface area contributed by atoms with E-state index in [0.717, 1.165) is 13.2 Å². The molecule has 0 aliphatic heterocycles. The van der Waals surface area contributed by atoms with Gasteiger partial charge in [0.1, 0.15) is 5.82 Å². The third kappa shape index (κ3) is 3.42. The lowest BCUT2D eigenvalue weighted by atomic mass is 10.0. The van der Waals surface area contributed by atoms with Crippen molar-refractivity contribution in [3.8, 4) is 0 Å². The van der Waals surface area contributed by atoms with Crippen LogP contribution in [-0.2, 0) is 15.7 Å². The van der Waals surface area contributed by atoms with Crippen LogP contribution in [0.1, 0.15) is 23.1 Å². The molecule has 6 nitrogen and oxygen atoms in total. The standard InChI is InChI=1S/C13H13F3N4O2/c1-7-17-12(20-19-7)18-11(21)10(22-2)8-5-3-4-6-9(8)13(14,15)16/h3-6,10H,1-2H3,(H2,17,18,19,20,21). The first-order chi connectivity index (χ1) is 10.3. The number of alkyl halides is 3. The highest BCUT2D eigenvalue weighted by Crippen LogP contribution is 2.35. The Balaban J connectivity index is 2.30. The van der Waals surface area contributed by atoms with E-state index in [1.54, 1.807) is 6.92 Å². The fraction of sp³-hybridized carbons (Fsp3) is 0.308. The van der Waals surface area contributed by atoms with Crippen molar-refractivity contribution in [2.45, 2.75) is 19.2 Å².